The molecule has 1 aromatic rings. The minimum Gasteiger partial charge on any atom is -0.393 e. The van der Waals surface area contributed by atoms with Gasteiger partial charge in [-0.15, -0.1) is 0 Å². The van der Waals surface area contributed by atoms with Crippen LogP contribution in [-0.4, -0.2) is 84.4 Å². The molecule has 1 amide bonds. The predicted octanol–water partition coefficient (Wildman–Crippen LogP) is 4.40. The molecule has 4 aliphatic rings. The number of carbonyl (C=O) groups excluding carboxylic acids is 1. The SMILES string of the molecule is C[C@@H]1[C@@H](NC(=O)[C@@H]2[C@H]([C@H](C)O)CON2Cc2cccc(CN(CCN(C)C)CC(C)(C)C)c2)C[C@H]2C[C@@H]1C2(C)C. The van der Waals surface area contributed by atoms with Crippen LogP contribution in [0.4, 0.5) is 0 Å². The first-order valence-electron chi connectivity index (χ1n) is 15.5. The van der Waals surface area contributed by atoms with Gasteiger partial charge >= 0.3 is 0 Å². The van der Waals surface area contributed by atoms with Crippen LogP contribution in [0.15, 0.2) is 24.3 Å². The second-order valence-electron chi connectivity index (χ2n) is 15.2. The maximum atomic E-state index is 13.8. The van der Waals surface area contributed by atoms with E-state index in [0.717, 1.165) is 38.2 Å². The Labute approximate surface area is 243 Å². The van der Waals surface area contributed by atoms with Crippen molar-refractivity contribution in [2.24, 2.45) is 34.5 Å². The van der Waals surface area contributed by atoms with Crippen LogP contribution >= 0.6 is 0 Å². The summed E-state index contributed by atoms with van der Waals surface area (Å²) in [5.74, 6) is 1.56. The molecule has 3 aliphatic carbocycles. The van der Waals surface area contributed by atoms with Crippen LogP contribution < -0.4 is 5.32 Å². The van der Waals surface area contributed by atoms with Crippen LogP contribution in [0, 0.1) is 34.5 Å². The van der Waals surface area contributed by atoms with E-state index in [1.807, 2.05) is 5.06 Å². The molecule has 0 unspecified atom stereocenters. The van der Waals surface area contributed by atoms with E-state index in [1.165, 1.54) is 12.0 Å². The molecule has 3 saturated carbocycles. The number of hydroxylamine groups is 2. The standard InChI is InChI=1S/C33H56N4O3/c1-22-28-16-26(33(28,6)7)17-29(22)34-31(39)30-27(23(2)38)20-40-37(30)19-25-12-10-11-24(15-25)18-36(14-13-35(8)9)21-32(3,4)5/h10-12,15,22-23,26-30,38H,13-14,16-21H2,1-9H3,(H,34,39)/t22-,23-,26+,27-,28-,29-,30-/m0/s1. The molecule has 1 aliphatic heterocycles. The number of hydrogen-bond acceptors (Lipinski definition) is 6. The van der Waals surface area contributed by atoms with Crippen molar-refractivity contribution in [3.05, 3.63) is 35.4 Å². The van der Waals surface area contributed by atoms with Gasteiger partial charge in [-0.3, -0.25) is 14.5 Å². The smallest absolute Gasteiger partial charge is 0.240 e. The third-order valence-corrected chi connectivity index (χ3v) is 10.0. The number of nitrogens with zero attached hydrogens (tertiary/aromatic N) is 3. The molecule has 5 rings (SSSR count). The molecule has 7 nitrogen and oxygen atoms in total. The van der Waals surface area contributed by atoms with Gasteiger partial charge in [0.1, 0.15) is 6.04 Å². The number of rotatable bonds is 11. The lowest BCUT2D eigenvalue weighted by Gasteiger charge is -2.62. The van der Waals surface area contributed by atoms with Gasteiger partial charge in [0.15, 0.2) is 0 Å². The molecule has 1 aromatic carbocycles. The summed E-state index contributed by atoms with van der Waals surface area (Å²) >= 11 is 0. The summed E-state index contributed by atoms with van der Waals surface area (Å²) in [5, 5.41) is 15.8. The highest BCUT2D eigenvalue weighted by atomic mass is 16.7. The molecule has 7 atom stereocenters. The lowest BCUT2D eigenvalue weighted by atomic mass is 9.45. The Morgan fingerprint density at radius 1 is 1.20 bits per heavy atom. The zero-order valence-corrected chi connectivity index (χ0v) is 26.6. The normalized spacial score (nSPS) is 30.9. The summed E-state index contributed by atoms with van der Waals surface area (Å²) in [6, 6.07) is 8.36. The predicted molar refractivity (Wildman–Crippen MR) is 161 cm³/mol. The molecular formula is C33H56N4O3. The number of likely N-dealkylation sites (N-methyl/N-ethyl adjacent to an activating group) is 1. The first kappa shape index (κ1) is 31.4. The van der Waals surface area contributed by atoms with Gasteiger partial charge in [0.2, 0.25) is 5.91 Å². The summed E-state index contributed by atoms with van der Waals surface area (Å²) in [6.45, 7) is 20.5. The van der Waals surface area contributed by atoms with Crippen molar-refractivity contribution in [1.82, 2.24) is 20.2 Å². The average molecular weight is 557 g/mol. The summed E-state index contributed by atoms with van der Waals surface area (Å²) in [5.41, 5.74) is 2.99. The zero-order chi connectivity index (χ0) is 29.4. The summed E-state index contributed by atoms with van der Waals surface area (Å²) < 4.78 is 0. The van der Waals surface area contributed by atoms with E-state index >= 15 is 0 Å². The first-order chi connectivity index (χ1) is 18.7. The zero-order valence-electron chi connectivity index (χ0n) is 26.6. The van der Waals surface area contributed by atoms with E-state index < -0.39 is 12.1 Å². The molecule has 40 heavy (non-hydrogen) atoms. The number of aliphatic hydroxyl groups excluding tert-OH is 1. The van der Waals surface area contributed by atoms with Crippen molar-refractivity contribution in [3.8, 4) is 0 Å². The lowest BCUT2D eigenvalue weighted by molar-refractivity contribution is -0.161. The van der Waals surface area contributed by atoms with E-state index in [9.17, 15) is 9.90 Å². The third-order valence-electron chi connectivity index (χ3n) is 10.0. The minimum absolute atomic E-state index is 0.00412. The number of aliphatic hydroxyl groups is 1. The average Bonchev–Trinajstić information content (AvgIpc) is 3.26. The molecule has 0 aromatic heterocycles. The molecule has 2 N–H and O–H groups in total. The van der Waals surface area contributed by atoms with E-state index in [2.05, 4.69) is 95.0 Å². The number of hydrogen-bond donors (Lipinski definition) is 2. The van der Waals surface area contributed by atoms with Gasteiger partial charge < -0.3 is 15.3 Å². The van der Waals surface area contributed by atoms with E-state index in [1.54, 1.807) is 6.92 Å². The Morgan fingerprint density at radius 2 is 1.90 bits per heavy atom. The number of benzene rings is 1. The second-order valence-corrected chi connectivity index (χ2v) is 15.2. The van der Waals surface area contributed by atoms with E-state index in [4.69, 9.17) is 4.84 Å². The maximum Gasteiger partial charge on any atom is 0.240 e. The molecule has 1 heterocycles. The van der Waals surface area contributed by atoms with Gasteiger partial charge in [-0.1, -0.05) is 65.8 Å². The van der Waals surface area contributed by atoms with Crippen molar-refractivity contribution in [3.63, 3.8) is 0 Å². The molecule has 7 heteroatoms. The van der Waals surface area contributed by atoms with Crippen LogP contribution in [0.1, 0.15) is 72.4 Å². The van der Waals surface area contributed by atoms with Crippen LogP contribution in [0.25, 0.3) is 0 Å². The summed E-state index contributed by atoms with van der Waals surface area (Å²) in [4.78, 5) is 24.6. The van der Waals surface area contributed by atoms with Gasteiger partial charge in [-0.05, 0) is 73.6 Å². The quantitative estimate of drug-likeness (QED) is 0.421. The van der Waals surface area contributed by atoms with Gasteiger partial charge in [-0.25, -0.2) is 0 Å². The van der Waals surface area contributed by atoms with Gasteiger partial charge in [0, 0.05) is 38.1 Å². The number of nitrogens with one attached hydrogen (secondary N) is 1. The maximum absolute atomic E-state index is 13.8. The van der Waals surface area contributed by atoms with E-state index in [0.29, 0.717) is 36.3 Å². The largest absolute Gasteiger partial charge is 0.393 e. The van der Waals surface area contributed by atoms with Crippen LogP contribution in [0.5, 0.6) is 0 Å². The molecule has 0 spiro atoms. The Hall–Kier alpha value is -1.51. The van der Waals surface area contributed by atoms with Crippen molar-refractivity contribution in [1.29, 1.82) is 0 Å². The topological polar surface area (TPSA) is 68.3 Å². The minimum atomic E-state index is -0.620. The fourth-order valence-electron chi connectivity index (χ4n) is 7.54. The van der Waals surface area contributed by atoms with Gasteiger partial charge in [-0.2, -0.15) is 5.06 Å². The van der Waals surface area contributed by atoms with E-state index in [-0.39, 0.29) is 23.3 Å². The summed E-state index contributed by atoms with van der Waals surface area (Å²) in [7, 11) is 4.24. The molecule has 0 radical (unpaired) electrons. The van der Waals surface area contributed by atoms with Crippen LogP contribution in [-0.2, 0) is 22.7 Å². The third kappa shape index (κ3) is 7.27. The lowest BCUT2D eigenvalue weighted by Crippen LogP contribution is -2.62. The molecule has 1 saturated heterocycles. The number of amides is 1. The molecule has 4 fully saturated rings. The van der Waals surface area contributed by atoms with Crippen molar-refractivity contribution in [2.75, 3.05) is 40.3 Å². The number of carbonyl (C=O) groups is 1. The molecular weight excluding hydrogens is 500 g/mol. The Morgan fingerprint density at radius 3 is 2.50 bits per heavy atom. The monoisotopic (exact) mass is 556 g/mol. The second kappa shape index (κ2) is 12.4. The van der Waals surface area contributed by atoms with Crippen molar-refractivity contribution < 1.29 is 14.7 Å². The highest BCUT2D eigenvalue weighted by Gasteiger charge is 2.57. The fraction of sp³-hybridized carbons (Fsp3) is 0.788. The van der Waals surface area contributed by atoms with Gasteiger partial charge in [0.05, 0.1) is 19.3 Å². The fourth-order valence-corrected chi connectivity index (χ4v) is 7.54. The van der Waals surface area contributed by atoms with Crippen molar-refractivity contribution in [2.45, 2.75) is 92.6 Å². The molecule has 2 bridgehead atoms. The highest BCUT2D eigenvalue weighted by molar-refractivity contribution is 5.82. The first-order valence-corrected chi connectivity index (χ1v) is 15.5. The molecule has 226 valence electrons. The van der Waals surface area contributed by atoms with Gasteiger partial charge in [0.25, 0.3) is 0 Å². The summed E-state index contributed by atoms with van der Waals surface area (Å²) in [6.07, 6.45) is 1.71. The highest BCUT2D eigenvalue weighted by Crippen LogP contribution is 2.61. The van der Waals surface area contributed by atoms with Crippen LogP contribution in [0.2, 0.25) is 0 Å². The van der Waals surface area contributed by atoms with Crippen LogP contribution in [0.3, 0.4) is 0 Å². The Balaban J connectivity index is 1.44. The van der Waals surface area contributed by atoms with Crippen molar-refractivity contribution >= 4 is 5.91 Å². The Bertz CT molecular complexity index is 1000. The number of fused-ring (bicyclic) bond motifs is 2. The Kier molecular flexibility index (Phi) is 9.73.